The quantitative estimate of drug-likeness (QED) is 0.854. The zero-order valence-corrected chi connectivity index (χ0v) is 10.0. The molecule has 0 saturated heterocycles. The van der Waals surface area contributed by atoms with Gasteiger partial charge in [0.1, 0.15) is 0 Å². The maximum absolute atomic E-state index is 10.8. The van der Waals surface area contributed by atoms with Crippen molar-refractivity contribution in [3.8, 4) is 0 Å². The van der Waals surface area contributed by atoms with Crippen LogP contribution < -0.4 is 5.32 Å². The van der Waals surface area contributed by atoms with Gasteiger partial charge in [0.05, 0.1) is 5.56 Å². The number of benzene rings is 1. The van der Waals surface area contributed by atoms with Gasteiger partial charge in [0.2, 0.25) is 0 Å². The summed E-state index contributed by atoms with van der Waals surface area (Å²) in [7, 11) is 0. The van der Waals surface area contributed by atoms with Crippen molar-refractivity contribution in [2.24, 2.45) is 0 Å². The third kappa shape index (κ3) is 3.41. The largest absolute Gasteiger partial charge is 0.478 e. The smallest absolute Gasteiger partial charge is 0.335 e. The van der Waals surface area contributed by atoms with E-state index in [2.05, 4.69) is 11.4 Å². The molecular formula is C13H13NO2S. The number of carboxylic acid groups (broad SMARTS) is 1. The maximum Gasteiger partial charge on any atom is 0.335 e. The Balaban J connectivity index is 1.90. The molecule has 17 heavy (non-hydrogen) atoms. The minimum atomic E-state index is -0.884. The Hall–Kier alpha value is -1.65. The Morgan fingerprint density at radius 1 is 1.24 bits per heavy atom. The Labute approximate surface area is 104 Å². The normalized spacial score (nSPS) is 10.4. The van der Waals surface area contributed by atoms with Crippen LogP contribution in [0, 0.1) is 0 Å². The highest BCUT2D eigenvalue weighted by molar-refractivity contribution is 7.09. The minimum absolute atomic E-state index is 0.334. The third-order valence-corrected chi connectivity index (χ3v) is 3.26. The molecule has 88 valence electrons. The van der Waals surface area contributed by atoms with Crippen molar-refractivity contribution in [2.75, 3.05) is 0 Å². The van der Waals surface area contributed by atoms with Gasteiger partial charge in [-0.15, -0.1) is 11.3 Å². The van der Waals surface area contributed by atoms with Gasteiger partial charge in [0, 0.05) is 18.0 Å². The second-order valence-electron chi connectivity index (χ2n) is 3.69. The van der Waals surface area contributed by atoms with Gasteiger partial charge < -0.3 is 10.4 Å². The number of nitrogens with one attached hydrogen (secondary N) is 1. The summed E-state index contributed by atoms with van der Waals surface area (Å²) in [6.07, 6.45) is 0. The molecule has 0 aliphatic carbocycles. The van der Waals surface area contributed by atoms with Crippen LogP contribution in [0.15, 0.2) is 41.8 Å². The summed E-state index contributed by atoms with van der Waals surface area (Å²) in [5, 5.41) is 14.2. The van der Waals surface area contributed by atoms with Crippen LogP contribution in [0.1, 0.15) is 20.8 Å². The summed E-state index contributed by atoms with van der Waals surface area (Å²) in [6.45, 7) is 1.49. The molecule has 0 bridgehead atoms. The summed E-state index contributed by atoms with van der Waals surface area (Å²) in [4.78, 5) is 12.1. The molecule has 0 amide bonds. The standard InChI is InChI=1S/C13H13NO2S/c15-13(16)11-4-1-3-10(7-11)8-14-9-12-5-2-6-17-12/h1-7,14H,8-9H2,(H,15,16). The maximum atomic E-state index is 10.8. The lowest BCUT2D eigenvalue weighted by atomic mass is 10.1. The van der Waals surface area contributed by atoms with E-state index in [0.29, 0.717) is 12.1 Å². The zero-order valence-electron chi connectivity index (χ0n) is 9.22. The molecule has 2 N–H and O–H groups in total. The van der Waals surface area contributed by atoms with Crippen molar-refractivity contribution >= 4 is 17.3 Å². The van der Waals surface area contributed by atoms with Crippen molar-refractivity contribution in [3.63, 3.8) is 0 Å². The first-order chi connectivity index (χ1) is 8.25. The predicted octanol–water partition coefficient (Wildman–Crippen LogP) is 2.74. The van der Waals surface area contributed by atoms with E-state index in [1.54, 1.807) is 29.5 Å². The molecule has 1 aromatic heterocycles. The molecule has 0 atom stereocenters. The lowest BCUT2D eigenvalue weighted by molar-refractivity contribution is 0.0696. The number of hydrogen-bond donors (Lipinski definition) is 2. The number of rotatable bonds is 5. The molecule has 2 rings (SSSR count). The van der Waals surface area contributed by atoms with Gasteiger partial charge in [-0.1, -0.05) is 18.2 Å². The van der Waals surface area contributed by atoms with Crippen LogP contribution in [-0.4, -0.2) is 11.1 Å². The van der Waals surface area contributed by atoms with Gasteiger partial charge in [-0.2, -0.15) is 0 Å². The highest BCUT2D eigenvalue weighted by Gasteiger charge is 2.02. The highest BCUT2D eigenvalue weighted by atomic mass is 32.1. The van der Waals surface area contributed by atoms with Crippen molar-refractivity contribution in [1.82, 2.24) is 5.32 Å². The van der Waals surface area contributed by atoms with E-state index >= 15 is 0 Å². The number of carbonyl (C=O) groups is 1. The molecule has 0 fully saturated rings. The van der Waals surface area contributed by atoms with Crippen LogP contribution in [0.5, 0.6) is 0 Å². The summed E-state index contributed by atoms with van der Waals surface area (Å²) in [5.74, 6) is -0.884. The lowest BCUT2D eigenvalue weighted by Gasteiger charge is -2.04. The van der Waals surface area contributed by atoms with Crippen molar-refractivity contribution in [3.05, 3.63) is 57.8 Å². The molecule has 1 aromatic carbocycles. The van der Waals surface area contributed by atoms with E-state index in [1.165, 1.54) is 4.88 Å². The molecule has 0 spiro atoms. The fraction of sp³-hybridized carbons (Fsp3) is 0.154. The van der Waals surface area contributed by atoms with E-state index in [9.17, 15) is 4.79 Å². The number of hydrogen-bond acceptors (Lipinski definition) is 3. The molecule has 0 saturated carbocycles. The Bertz CT molecular complexity index is 494. The van der Waals surface area contributed by atoms with Crippen LogP contribution in [0.3, 0.4) is 0 Å². The van der Waals surface area contributed by atoms with Gasteiger partial charge in [-0.3, -0.25) is 0 Å². The van der Waals surface area contributed by atoms with E-state index in [4.69, 9.17) is 5.11 Å². The second-order valence-corrected chi connectivity index (χ2v) is 4.72. The monoisotopic (exact) mass is 247 g/mol. The minimum Gasteiger partial charge on any atom is -0.478 e. The van der Waals surface area contributed by atoms with E-state index in [-0.39, 0.29) is 0 Å². The van der Waals surface area contributed by atoms with Gasteiger partial charge >= 0.3 is 5.97 Å². The zero-order chi connectivity index (χ0) is 12.1. The van der Waals surface area contributed by atoms with Crippen molar-refractivity contribution in [2.45, 2.75) is 13.1 Å². The fourth-order valence-corrected chi connectivity index (χ4v) is 2.23. The van der Waals surface area contributed by atoms with Gasteiger partial charge in [0.25, 0.3) is 0 Å². The van der Waals surface area contributed by atoms with Crippen LogP contribution in [0.2, 0.25) is 0 Å². The Kier molecular flexibility index (Phi) is 3.90. The molecule has 0 unspecified atom stereocenters. The summed E-state index contributed by atoms with van der Waals surface area (Å²) < 4.78 is 0. The third-order valence-electron chi connectivity index (χ3n) is 2.38. The molecule has 0 aliphatic heterocycles. The van der Waals surface area contributed by atoms with Crippen LogP contribution in [0.4, 0.5) is 0 Å². The number of aromatic carboxylic acids is 1. The van der Waals surface area contributed by atoms with Gasteiger partial charge in [-0.25, -0.2) is 4.79 Å². The van der Waals surface area contributed by atoms with E-state index in [1.807, 2.05) is 17.5 Å². The van der Waals surface area contributed by atoms with E-state index in [0.717, 1.165) is 12.1 Å². The highest BCUT2D eigenvalue weighted by Crippen LogP contribution is 2.09. The molecule has 0 radical (unpaired) electrons. The van der Waals surface area contributed by atoms with Gasteiger partial charge in [-0.05, 0) is 29.1 Å². The van der Waals surface area contributed by atoms with E-state index < -0.39 is 5.97 Å². The Morgan fingerprint density at radius 3 is 2.82 bits per heavy atom. The topological polar surface area (TPSA) is 49.3 Å². The van der Waals surface area contributed by atoms with Crippen LogP contribution >= 0.6 is 11.3 Å². The first kappa shape index (κ1) is 11.8. The molecular weight excluding hydrogens is 234 g/mol. The molecule has 1 heterocycles. The van der Waals surface area contributed by atoms with Crippen molar-refractivity contribution < 1.29 is 9.90 Å². The molecule has 3 nitrogen and oxygen atoms in total. The van der Waals surface area contributed by atoms with Gasteiger partial charge in [0.15, 0.2) is 0 Å². The average molecular weight is 247 g/mol. The number of carboxylic acids is 1. The number of thiophene rings is 1. The predicted molar refractivity (Wildman–Crippen MR) is 68.3 cm³/mol. The van der Waals surface area contributed by atoms with Crippen molar-refractivity contribution in [1.29, 1.82) is 0 Å². The SMILES string of the molecule is O=C(O)c1cccc(CNCc2cccs2)c1. The summed E-state index contributed by atoms with van der Waals surface area (Å²) in [5.41, 5.74) is 1.32. The summed E-state index contributed by atoms with van der Waals surface area (Å²) >= 11 is 1.71. The molecule has 0 aliphatic rings. The molecule has 4 heteroatoms. The van der Waals surface area contributed by atoms with Crippen LogP contribution in [0.25, 0.3) is 0 Å². The lowest BCUT2D eigenvalue weighted by Crippen LogP contribution is -2.12. The molecule has 2 aromatic rings. The van der Waals surface area contributed by atoms with Crippen LogP contribution in [-0.2, 0) is 13.1 Å². The second kappa shape index (κ2) is 5.61. The first-order valence-electron chi connectivity index (χ1n) is 5.31. The average Bonchev–Trinajstić information content (AvgIpc) is 2.82. The first-order valence-corrected chi connectivity index (χ1v) is 6.19. The Morgan fingerprint density at radius 2 is 2.12 bits per heavy atom. The summed E-state index contributed by atoms with van der Waals surface area (Å²) in [6, 6.07) is 11.1. The fourth-order valence-electron chi connectivity index (χ4n) is 1.56.